The summed E-state index contributed by atoms with van der Waals surface area (Å²) in [5.74, 6) is 13.3. The zero-order chi connectivity index (χ0) is 9.40. The number of hydrogen-bond donors (Lipinski definition) is 5. The molecular weight excluding hydrogens is 156 g/mol. The maximum Gasteiger partial charge on any atom is 0.120 e. The Bertz CT molecular complexity index is 216. The molecule has 0 amide bonds. The van der Waals surface area contributed by atoms with Crippen molar-refractivity contribution in [3.8, 4) is 5.75 Å². The lowest BCUT2D eigenvalue weighted by molar-refractivity contribution is 0.465. The van der Waals surface area contributed by atoms with E-state index in [4.69, 9.17) is 10.9 Å². The van der Waals surface area contributed by atoms with Gasteiger partial charge >= 0.3 is 0 Å². The molecule has 1 rings (SSSR count). The number of hydrazine groups is 2. The number of para-hydroxylation sites is 1. The number of phenols is 1. The van der Waals surface area contributed by atoms with Gasteiger partial charge < -0.3 is 5.11 Å². The zero-order valence-electron chi connectivity index (χ0n) is 6.70. The van der Waals surface area contributed by atoms with E-state index in [1.54, 1.807) is 12.1 Å². The Morgan fingerprint density at radius 1 is 1.25 bits per heavy atom. The van der Waals surface area contributed by atoms with E-state index in [1.165, 1.54) is 0 Å². The second-order valence-electron chi connectivity index (χ2n) is 2.01. The van der Waals surface area contributed by atoms with Crippen LogP contribution in [0.3, 0.4) is 0 Å². The third kappa shape index (κ3) is 3.31. The second-order valence-corrected chi connectivity index (χ2v) is 2.01. The minimum atomic E-state index is 0.278. The summed E-state index contributed by atoms with van der Waals surface area (Å²) in [6.07, 6.45) is 0. The lowest BCUT2D eigenvalue weighted by Gasteiger charge is -2.00. The first-order chi connectivity index (χ1) is 5.84. The van der Waals surface area contributed by atoms with Crippen molar-refractivity contribution in [1.29, 1.82) is 0 Å². The quantitative estimate of drug-likeness (QED) is 0.294. The fraction of sp³-hybridized carbons (Fsp3) is 0.143. The maximum absolute atomic E-state index is 9.15. The van der Waals surface area contributed by atoms with Gasteiger partial charge in [0.1, 0.15) is 5.75 Å². The molecule has 0 aliphatic rings. The summed E-state index contributed by atoms with van der Waals surface area (Å²) in [4.78, 5) is 0. The number of hydrogen-bond acceptors (Lipinski definition) is 5. The van der Waals surface area contributed by atoms with Crippen molar-refractivity contribution >= 4 is 0 Å². The summed E-state index contributed by atoms with van der Waals surface area (Å²) < 4.78 is 0. The fourth-order valence-corrected chi connectivity index (χ4v) is 0.770. The molecule has 0 aromatic heterocycles. The zero-order valence-corrected chi connectivity index (χ0v) is 6.70. The summed E-state index contributed by atoms with van der Waals surface area (Å²) in [5, 5.41) is 9.15. The minimum Gasteiger partial charge on any atom is -0.508 e. The molecule has 5 heteroatoms. The number of benzene rings is 1. The highest BCUT2D eigenvalue weighted by Crippen LogP contribution is 2.13. The first-order valence-electron chi connectivity index (χ1n) is 3.38. The topological polar surface area (TPSA) is 110 Å². The van der Waals surface area contributed by atoms with Gasteiger partial charge in [-0.3, -0.25) is 23.0 Å². The lowest BCUT2D eigenvalue weighted by atomic mass is 10.2. The predicted molar refractivity (Wildman–Crippen MR) is 47.5 cm³/mol. The number of nitrogens with two attached hydrogens (primary N) is 3. The summed E-state index contributed by atoms with van der Waals surface area (Å²) in [7, 11) is 0. The Balaban J connectivity index is 0.000000561. The largest absolute Gasteiger partial charge is 0.508 e. The van der Waals surface area contributed by atoms with Gasteiger partial charge in [0, 0.05) is 12.1 Å². The molecule has 1 aromatic rings. The average molecular weight is 170 g/mol. The van der Waals surface area contributed by atoms with Crippen molar-refractivity contribution in [1.82, 2.24) is 5.43 Å². The fourth-order valence-electron chi connectivity index (χ4n) is 0.770. The average Bonchev–Trinajstić information content (AvgIpc) is 2.13. The van der Waals surface area contributed by atoms with Crippen molar-refractivity contribution in [2.75, 3.05) is 0 Å². The molecule has 0 bridgehead atoms. The second kappa shape index (κ2) is 6.56. The molecule has 1 aromatic carbocycles. The third-order valence-electron chi connectivity index (χ3n) is 1.28. The molecule has 0 saturated heterocycles. The molecule has 5 nitrogen and oxygen atoms in total. The van der Waals surface area contributed by atoms with Crippen LogP contribution in [0.2, 0.25) is 0 Å². The minimum absolute atomic E-state index is 0.278. The molecule has 0 unspecified atom stereocenters. The Morgan fingerprint density at radius 3 is 2.33 bits per heavy atom. The van der Waals surface area contributed by atoms with Crippen LogP contribution in [0.15, 0.2) is 24.3 Å². The van der Waals surface area contributed by atoms with E-state index in [2.05, 4.69) is 17.1 Å². The molecule has 0 spiro atoms. The van der Waals surface area contributed by atoms with Crippen LogP contribution in [0.25, 0.3) is 0 Å². The van der Waals surface area contributed by atoms with E-state index in [1.807, 2.05) is 12.1 Å². The first-order valence-corrected chi connectivity index (χ1v) is 3.38. The van der Waals surface area contributed by atoms with Crippen LogP contribution in [0.1, 0.15) is 5.56 Å². The highest BCUT2D eigenvalue weighted by molar-refractivity contribution is 5.31. The van der Waals surface area contributed by atoms with Gasteiger partial charge in [0.25, 0.3) is 0 Å². The molecular formula is C7H14N4O. The predicted octanol–water partition coefficient (Wildman–Crippen LogP) is -0.826. The number of phenolic OH excluding ortho intramolecular Hbond substituents is 1. The Hall–Kier alpha value is -1.14. The van der Waals surface area contributed by atoms with Crippen LogP contribution < -0.4 is 23.0 Å². The van der Waals surface area contributed by atoms with Gasteiger partial charge in [-0.15, -0.1) is 0 Å². The maximum atomic E-state index is 9.15. The van der Waals surface area contributed by atoms with Crippen LogP contribution in [0, 0.1) is 0 Å². The summed E-state index contributed by atoms with van der Waals surface area (Å²) >= 11 is 0. The monoisotopic (exact) mass is 170 g/mol. The first kappa shape index (κ1) is 10.9. The molecule has 0 fully saturated rings. The molecule has 0 aliphatic carbocycles. The van der Waals surface area contributed by atoms with Crippen LogP contribution in [0.5, 0.6) is 5.75 Å². The Kier molecular flexibility index (Phi) is 5.94. The van der Waals surface area contributed by atoms with Crippen molar-refractivity contribution in [2.24, 2.45) is 17.5 Å². The molecule has 0 heterocycles. The molecule has 0 radical (unpaired) electrons. The van der Waals surface area contributed by atoms with Crippen molar-refractivity contribution in [3.05, 3.63) is 29.8 Å². The van der Waals surface area contributed by atoms with Crippen LogP contribution in [0.4, 0.5) is 0 Å². The summed E-state index contributed by atoms with van der Waals surface area (Å²) in [5.41, 5.74) is 3.28. The molecule has 0 aliphatic heterocycles. The number of nitrogens with one attached hydrogen (secondary N) is 1. The van der Waals surface area contributed by atoms with Gasteiger partial charge in [0.05, 0.1) is 0 Å². The van der Waals surface area contributed by atoms with Gasteiger partial charge in [-0.2, -0.15) is 0 Å². The highest BCUT2D eigenvalue weighted by Gasteiger charge is 1.95. The van der Waals surface area contributed by atoms with E-state index in [-0.39, 0.29) is 5.75 Å². The number of rotatable bonds is 2. The summed E-state index contributed by atoms with van der Waals surface area (Å²) in [6, 6.07) is 7.07. The molecule has 12 heavy (non-hydrogen) atoms. The van der Waals surface area contributed by atoms with Crippen molar-refractivity contribution in [3.63, 3.8) is 0 Å². The highest BCUT2D eigenvalue weighted by atomic mass is 16.3. The smallest absolute Gasteiger partial charge is 0.120 e. The normalized spacial score (nSPS) is 8.58. The standard InChI is InChI=1S/C7H10N2O.H4N2/c8-9-5-6-3-1-2-4-7(6)10;1-2/h1-4,9-10H,5,8H2;1-2H2. The van der Waals surface area contributed by atoms with Gasteiger partial charge in [-0.25, -0.2) is 0 Å². The summed E-state index contributed by atoms with van der Waals surface area (Å²) in [6.45, 7) is 0.493. The van der Waals surface area contributed by atoms with Crippen molar-refractivity contribution < 1.29 is 5.11 Å². The van der Waals surface area contributed by atoms with E-state index >= 15 is 0 Å². The van der Waals surface area contributed by atoms with Gasteiger partial charge in [-0.1, -0.05) is 18.2 Å². The van der Waals surface area contributed by atoms with E-state index in [0.717, 1.165) is 5.56 Å². The Labute approximate surface area is 71.1 Å². The van der Waals surface area contributed by atoms with E-state index in [0.29, 0.717) is 6.54 Å². The van der Waals surface area contributed by atoms with Gasteiger partial charge in [-0.05, 0) is 6.07 Å². The van der Waals surface area contributed by atoms with Crippen LogP contribution >= 0.6 is 0 Å². The lowest BCUT2D eigenvalue weighted by Crippen LogP contribution is -2.20. The van der Waals surface area contributed by atoms with E-state index in [9.17, 15) is 0 Å². The molecule has 0 saturated carbocycles. The van der Waals surface area contributed by atoms with Gasteiger partial charge in [0.15, 0.2) is 0 Å². The molecule has 0 atom stereocenters. The van der Waals surface area contributed by atoms with Crippen LogP contribution in [-0.4, -0.2) is 5.11 Å². The van der Waals surface area contributed by atoms with Crippen molar-refractivity contribution in [2.45, 2.75) is 6.54 Å². The van der Waals surface area contributed by atoms with Crippen LogP contribution in [-0.2, 0) is 6.54 Å². The van der Waals surface area contributed by atoms with Gasteiger partial charge in [0.2, 0.25) is 0 Å². The molecule has 8 N–H and O–H groups in total. The van der Waals surface area contributed by atoms with E-state index < -0.39 is 0 Å². The SMILES string of the molecule is NN.NNCc1ccccc1O. The number of aromatic hydroxyl groups is 1. The third-order valence-corrected chi connectivity index (χ3v) is 1.28. The molecule has 68 valence electrons. The Morgan fingerprint density at radius 2 is 1.83 bits per heavy atom.